The van der Waals surface area contributed by atoms with Gasteiger partial charge < -0.3 is 15.2 Å². The Balaban J connectivity index is 1.49. The van der Waals surface area contributed by atoms with Crippen molar-refractivity contribution in [2.45, 2.75) is 50.5 Å². The first-order valence-electron chi connectivity index (χ1n) is 9.42. The van der Waals surface area contributed by atoms with E-state index >= 15 is 0 Å². The van der Waals surface area contributed by atoms with Crippen molar-refractivity contribution in [1.29, 1.82) is 0 Å². The molecule has 3 atom stereocenters. The van der Waals surface area contributed by atoms with Gasteiger partial charge in [0.2, 0.25) is 17.6 Å². The summed E-state index contributed by atoms with van der Waals surface area (Å²) in [6, 6.07) is 0.157. The van der Waals surface area contributed by atoms with Gasteiger partial charge in [-0.2, -0.15) is 4.98 Å². The van der Waals surface area contributed by atoms with Gasteiger partial charge in [-0.25, -0.2) is 4.98 Å². The average Bonchev–Trinajstić information content (AvgIpc) is 3.31. The summed E-state index contributed by atoms with van der Waals surface area (Å²) >= 11 is 0. The molecule has 26 heavy (non-hydrogen) atoms. The number of nitrogens with one attached hydrogen (secondary N) is 2. The van der Waals surface area contributed by atoms with Crippen LogP contribution in [0.15, 0.2) is 23.1 Å². The minimum atomic E-state index is -0.0510. The highest BCUT2D eigenvalue weighted by molar-refractivity contribution is 5.80. The summed E-state index contributed by atoms with van der Waals surface area (Å²) in [6.07, 6.45) is 11.0. The van der Waals surface area contributed by atoms with Gasteiger partial charge in [-0.05, 0) is 32.2 Å². The second-order valence-electron chi connectivity index (χ2n) is 7.09. The third-order valence-electron chi connectivity index (χ3n) is 5.29. The van der Waals surface area contributed by atoms with Crippen molar-refractivity contribution in [1.82, 2.24) is 30.7 Å². The molecule has 1 aliphatic heterocycles. The molecule has 2 aromatic heterocycles. The van der Waals surface area contributed by atoms with Crippen LogP contribution < -0.4 is 10.6 Å². The van der Waals surface area contributed by atoms with Gasteiger partial charge in [-0.15, -0.1) is 0 Å². The molecular formula is C18H24N6O2. The third kappa shape index (κ3) is 3.75. The highest BCUT2D eigenvalue weighted by Gasteiger charge is 2.41. The first-order valence-corrected chi connectivity index (χ1v) is 9.42. The highest BCUT2D eigenvalue weighted by Crippen LogP contribution is 2.38. The number of nitrogens with zero attached hydrogens (tertiary/aromatic N) is 4. The zero-order valence-electron chi connectivity index (χ0n) is 14.7. The summed E-state index contributed by atoms with van der Waals surface area (Å²) < 4.78 is 5.49. The summed E-state index contributed by atoms with van der Waals surface area (Å²) in [5.41, 5.74) is 0.589. The van der Waals surface area contributed by atoms with E-state index < -0.39 is 0 Å². The van der Waals surface area contributed by atoms with Crippen molar-refractivity contribution in [3.8, 4) is 11.5 Å². The molecule has 4 rings (SSSR count). The van der Waals surface area contributed by atoms with Crippen LogP contribution in [0.25, 0.3) is 11.5 Å². The molecule has 138 valence electrons. The first kappa shape index (κ1) is 17.1. The molecule has 1 saturated heterocycles. The zero-order valence-corrected chi connectivity index (χ0v) is 14.7. The van der Waals surface area contributed by atoms with Crippen LogP contribution >= 0.6 is 0 Å². The van der Waals surface area contributed by atoms with Crippen LogP contribution in [-0.4, -0.2) is 45.1 Å². The molecule has 2 fully saturated rings. The molecule has 2 aromatic rings. The molecule has 8 heteroatoms. The van der Waals surface area contributed by atoms with Crippen LogP contribution in [0.2, 0.25) is 0 Å². The summed E-state index contributed by atoms with van der Waals surface area (Å²) in [6.45, 7) is 1.72. The minimum Gasteiger partial charge on any atom is -0.356 e. The molecule has 2 N–H and O–H groups in total. The van der Waals surface area contributed by atoms with Gasteiger partial charge in [0.15, 0.2) is 0 Å². The summed E-state index contributed by atoms with van der Waals surface area (Å²) in [4.78, 5) is 25.3. The van der Waals surface area contributed by atoms with E-state index in [0.29, 0.717) is 17.4 Å². The van der Waals surface area contributed by atoms with Crippen molar-refractivity contribution < 1.29 is 9.32 Å². The number of aromatic nitrogens is 4. The van der Waals surface area contributed by atoms with E-state index in [9.17, 15) is 4.79 Å². The Morgan fingerprint density at radius 3 is 2.81 bits per heavy atom. The smallest absolute Gasteiger partial charge is 0.230 e. The molecule has 1 saturated carbocycles. The van der Waals surface area contributed by atoms with Crippen LogP contribution in [0.4, 0.5) is 0 Å². The van der Waals surface area contributed by atoms with Crippen LogP contribution in [0.3, 0.4) is 0 Å². The third-order valence-corrected chi connectivity index (χ3v) is 5.29. The van der Waals surface area contributed by atoms with E-state index in [0.717, 1.165) is 38.8 Å². The normalized spacial score (nSPS) is 27.4. The maximum Gasteiger partial charge on any atom is 0.230 e. The quantitative estimate of drug-likeness (QED) is 0.843. The molecule has 2 aliphatic rings. The molecule has 1 aliphatic carbocycles. The minimum absolute atomic E-state index is 0.0510. The molecule has 8 nitrogen and oxygen atoms in total. The van der Waals surface area contributed by atoms with Gasteiger partial charge in [0, 0.05) is 30.9 Å². The number of fused-ring (bicyclic) bond motifs is 1. The number of rotatable bonds is 2. The van der Waals surface area contributed by atoms with Crippen LogP contribution in [0, 0.1) is 5.92 Å². The molecule has 0 unspecified atom stereocenters. The highest BCUT2D eigenvalue weighted by atomic mass is 16.5. The van der Waals surface area contributed by atoms with E-state index in [4.69, 9.17) is 4.52 Å². The lowest BCUT2D eigenvalue weighted by Gasteiger charge is -2.19. The Hall–Kier alpha value is -2.35. The second kappa shape index (κ2) is 7.90. The van der Waals surface area contributed by atoms with E-state index in [1.165, 1.54) is 12.8 Å². The maximum atomic E-state index is 12.6. The number of hydrogen-bond donors (Lipinski definition) is 2. The Bertz CT molecular complexity index is 734. The SMILES string of the molecule is O=C1NCCCCCCN[C@H]2C[C@H](c3nc(-c4cnccn4)no3)C[C@@H]12. The Kier molecular flexibility index (Phi) is 5.19. The number of amides is 1. The largest absolute Gasteiger partial charge is 0.356 e. The van der Waals surface area contributed by atoms with Gasteiger partial charge in [-0.3, -0.25) is 9.78 Å². The molecule has 0 radical (unpaired) electrons. The predicted molar refractivity (Wildman–Crippen MR) is 94.1 cm³/mol. The molecule has 0 bridgehead atoms. The topological polar surface area (TPSA) is 106 Å². The maximum absolute atomic E-state index is 12.6. The van der Waals surface area contributed by atoms with Gasteiger partial charge in [-0.1, -0.05) is 18.0 Å². The molecule has 3 heterocycles. The number of carbonyl (C=O) groups is 1. The van der Waals surface area contributed by atoms with E-state index in [1.807, 2.05) is 0 Å². The fourth-order valence-corrected chi connectivity index (χ4v) is 3.91. The standard InChI is InChI=1S/C18H24N6O2/c25-17-13-9-12(10-14(13)20-5-3-1-2-4-6-22-17)18-23-16(24-26-18)15-11-19-7-8-21-15/h7-8,11-14,20H,1-6,9-10H2,(H,22,25)/t12-,13-,14+/m1/s1. The summed E-state index contributed by atoms with van der Waals surface area (Å²) in [5.74, 6) is 1.20. The van der Waals surface area contributed by atoms with E-state index in [-0.39, 0.29) is 23.8 Å². The van der Waals surface area contributed by atoms with Crippen molar-refractivity contribution in [2.24, 2.45) is 5.92 Å². The van der Waals surface area contributed by atoms with Gasteiger partial charge in [0.05, 0.1) is 12.1 Å². The number of hydrogen-bond acceptors (Lipinski definition) is 7. The van der Waals surface area contributed by atoms with E-state index in [1.54, 1.807) is 18.6 Å². The first-order chi connectivity index (χ1) is 12.8. The predicted octanol–water partition coefficient (Wildman–Crippen LogP) is 1.67. The van der Waals surface area contributed by atoms with Gasteiger partial charge >= 0.3 is 0 Å². The van der Waals surface area contributed by atoms with Crippen molar-refractivity contribution in [3.05, 3.63) is 24.5 Å². The fraction of sp³-hybridized carbons (Fsp3) is 0.611. The van der Waals surface area contributed by atoms with E-state index in [2.05, 4.69) is 30.7 Å². The van der Waals surface area contributed by atoms with Crippen LogP contribution in [0.5, 0.6) is 0 Å². The molecule has 0 aromatic carbocycles. The van der Waals surface area contributed by atoms with Gasteiger partial charge in [0.25, 0.3) is 0 Å². The van der Waals surface area contributed by atoms with Crippen molar-refractivity contribution in [3.63, 3.8) is 0 Å². The zero-order chi connectivity index (χ0) is 17.8. The lowest BCUT2D eigenvalue weighted by atomic mass is 10.0. The molecule has 1 amide bonds. The monoisotopic (exact) mass is 356 g/mol. The Morgan fingerprint density at radius 2 is 1.96 bits per heavy atom. The second-order valence-corrected chi connectivity index (χ2v) is 7.09. The summed E-state index contributed by atoms with van der Waals surface area (Å²) in [5, 5.41) is 10.7. The van der Waals surface area contributed by atoms with Crippen molar-refractivity contribution >= 4 is 5.91 Å². The Labute approximate surface area is 152 Å². The number of carbonyl (C=O) groups excluding carboxylic acids is 1. The Morgan fingerprint density at radius 1 is 1.08 bits per heavy atom. The molecular weight excluding hydrogens is 332 g/mol. The summed E-state index contributed by atoms with van der Waals surface area (Å²) in [7, 11) is 0. The molecule has 0 spiro atoms. The van der Waals surface area contributed by atoms with Crippen molar-refractivity contribution in [2.75, 3.05) is 13.1 Å². The lowest BCUT2D eigenvalue weighted by Crippen LogP contribution is -2.41. The average molecular weight is 356 g/mol. The fourth-order valence-electron chi connectivity index (χ4n) is 3.91. The van der Waals surface area contributed by atoms with Crippen LogP contribution in [-0.2, 0) is 4.79 Å². The van der Waals surface area contributed by atoms with Gasteiger partial charge in [0.1, 0.15) is 5.69 Å². The van der Waals surface area contributed by atoms with Crippen LogP contribution in [0.1, 0.15) is 50.3 Å². The lowest BCUT2D eigenvalue weighted by molar-refractivity contribution is -0.125.